The molecule has 0 aromatic heterocycles. The Morgan fingerprint density at radius 2 is 2.10 bits per heavy atom. The maximum atomic E-state index is 12.8. The van der Waals surface area contributed by atoms with Crippen LogP contribution in [0.3, 0.4) is 0 Å². The second kappa shape index (κ2) is 9.00. The van der Waals surface area contributed by atoms with E-state index < -0.39 is 0 Å². The lowest BCUT2D eigenvalue weighted by Crippen LogP contribution is -2.35. The fourth-order valence-electron chi connectivity index (χ4n) is 3.81. The van der Waals surface area contributed by atoms with E-state index in [9.17, 15) is 9.59 Å². The monoisotopic (exact) mass is 426 g/mol. The Morgan fingerprint density at radius 3 is 2.93 bits per heavy atom. The van der Waals surface area contributed by atoms with Gasteiger partial charge in [0, 0.05) is 48.1 Å². The van der Waals surface area contributed by atoms with Gasteiger partial charge in [-0.1, -0.05) is 12.1 Å². The number of anilines is 2. The third kappa shape index (κ3) is 4.41. The molecule has 0 fully saturated rings. The topological polar surface area (TPSA) is 67.9 Å². The van der Waals surface area contributed by atoms with Gasteiger partial charge in [-0.05, 0) is 32.0 Å². The molecule has 2 heterocycles. The molecule has 1 atom stereocenters. The number of amides is 2. The number of carbonyl (C=O) groups is 2. The highest BCUT2D eigenvalue weighted by Gasteiger charge is 2.25. The summed E-state index contributed by atoms with van der Waals surface area (Å²) in [5.74, 6) is 2.03. The molecule has 158 valence electrons. The Morgan fingerprint density at radius 1 is 1.27 bits per heavy atom. The number of hydrogen-bond donors (Lipinski definition) is 1. The minimum absolute atomic E-state index is 0.0333. The van der Waals surface area contributed by atoms with Crippen molar-refractivity contribution in [3.63, 3.8) is 0 Å². The van der Waals surface area contributed by atoms with Crippen LogP contribution in [0.2, 0.25) is 0 Å². The number of ether oxygens (including phenoxy) is 2. The Bertz CT molecular complexity index is 962. The van der Waals surface area contributed by atoms with E-state index in [1.54, 1.807) is 16.7 Å². The molecule has 0 bridgehead atoms. The maximum Gasteiger partial charge on any atom is 0.227 e. The third-order valence-electron chi connectivity index (χ3n) is 5.17. The first-order valence-corrected chi connectivity index (χ1v) is 11.3. The minimum Gasteiger partial charge on any atom is -0.492 e. The van der Waals surface area contributed by atoms with Crippen LogP contribution in [0.15, 0.2) is 41.3 Å². The summed E-state index contributed by atoms with van der Waals surface area (Å²) < 4.78 is 11.5. The molecule has 0 saturated heterocycles. The quantitative estimate of drug-likeness (QED) is 0.747. The molecule has 0 aliphatic carbocycles. The summed E-state index contributed by atoms with van der Waals surface area (Å²) in [4.78, 5) is 28.2. The van der Waals surface area contributed by atoms with Gasteiger partial charge >= 0.3 is 0 Å². The standard InChI is InChI=1S/C23H26N2O4S/c1-3-28-20-13-16-12-15(2)29-19(16)14-17(20)24-22(26)8-9-23(27)25-10-11-30-21-7-5-4-6-18(21)25/h4-7,13-15H,3,8-12H2,1-2H3,(H,24,26). The number of carbonyl (C=O) groups excluding carboxylic acids is 2. The second-order valence-corrected chi connectivity index (χ2v) is 8.57. The van der Waals surface area contributed by atoms with Crippen molar-refractivity contribution in [2.75, 3.05) is 29.1 Å². The summed E-state index contributed by atoms with van der Waals surface area (Å²) >= 11 is 1.75. The van der Waals surface area contributed by atoms with Crippen LogP contribution in [0.4, 0.5) is 11.4 Å². The van der Waals surface area contributed by atoms with E-state index in [1.165, 1.54) is 0 Å². The smallest absolute Gasteiger partial charge is 0.227 e. The summed E-state index contributed by atoms with van der Waals surface area (Å²) in [6.07, 6.45) is 1.22. The Kier molecular flexibility index (Phi) is 6.18. The molecular weight excluding hydrogens is 400 g/mol. The van der Waals surface area contributed by atoms with E-state index in [0.717, 1.165) is 34.1 Å². The van der Waals surface area contributed by atoms with Crippen molar-refractivity contribution in [3.8, 4) is 11.5 Å². The SMILES string of the molecule is CCOc1cc2c(cc1NC(=O)CCC(=O)N1CCSc3ccccc31)OC(C)C2. The largest absolute Gasteiger partial charge is 0.492 e. The van der Waals surface area contributed by atoms with Crippen molar-refractivity contribution < 1.29 is 19.1 Å². The number of nitrogens with zero attached hydrogens (tertiary/aromatic N) is 1. The zero-order valence-electron chi connectivity index (χ0n) is 17.3. The van der Waals surface area contributed by atoms with Crippen LogP contribution in [0.25, 0.3) is 0 Å². The number of hydrogen-bond acceptors (Lipinski definition) is 5. The van der Waals surface area contributed by atoms with E-state index in [2.05, 4.69) is 5.32 Å². The van der Waals surface area contributed by atoms with Crippen LogP contribution in [0.5, 0.6) is 11.5 Å². The summed E-state index contributed by atoms with van der Waals surface area (Å²) in [6.45, 7) is 5.09. The van der Waals surface area contributed by atoms with Crippen molar-refractivity contribution in [1.29, 1.82) is 0 Å². The highest BCUT2D eigenvalue weighted by Crippen LogP contribution is 2.38. The zero-order chi connectivity index (χ0) is 21.1. The van der Waals surface area contributed by atoms with E-state index in [-0.39, 0.29) is 30.8 Å². The van der Waals surface area contributed by atoms with Gasteiger partial charge in [0.05, 0.1) is 18.0 Å². The average molecular weight is 427 g/mol. The van der Waals surface area contributed by atoms with Crippen LogP contribution in [0.1, 0.15) is 32.3 Å². The average Bonchev–Trinajstić information content (AvgIpc) is 3.10. The Labute approximate surface area is 180 Å². The van der Waals surface area contributed by atoms with Crippen LogP contribution < -0.4 is 19.7 Å². The number of para-hydroxylation sites is 1. The predicted octanol–water partition coefficient (Wildman–Crippen LogP) is 4.27. The second-order valence-electron chi connectivity index (χ2n) is 7.43. The molecule has 4 rings (SSSR count). The summed E-state index contributed by atoms with van der Waals surface area (Å²) in [5, 5.41) is 2.90. The molecule has 7 heteroatoms. The zero-order valence-corrected chi connectivity index (χ0v) is 18.1. The molecule has 2 aliphatic heterocycles. The number of rotatable bonds is 6. The maximum absolute atomic E-state index is 12.8. The molecule has 2 aromatic carbocycles. The highest BCUT2D eigenvalue weighted by atomic mass is 32.2. The molecule has 1 N–H and O–H groups in total. The molecule has 6 nitrogen and oxygen atoms in total. The van der Waals surface area contributed by atoms with Crippen LogP contribution in [-0.2, 0) is 16.0 Å². The number of benzene rings is 2. The van der Waals surface area contributed by atoms with Crippen molar-refractivity contribution in [2.45, 2.75) is 44.1 Å². The van der Waals surface area contributed by atoms with E-state index in [4.69, 9.17) is 9.47 Å². The van der Waals surface area contributed by atoms with Crippen molar-refractivity contribution >= 4 is 35.0 Å². The van der Waals surface area contributed by atoms with E-state index in [0.29, 0.717) is 24.6 Å². The lowest BCUT2D eigenvalue weighted by Gasteiger charge is -2.29. The third-order valence-corrected chi connectivity index (χ3v) is 6.21. The summed E-state index contributed by atoms with van der Waals surface area (Å²) in [5.41, 5.74) is 2.60. The van der Waals surface area contributed by atoms with E-state index in [1.807, 2.05) is 50.2 Å². The first kappa shape index (κ1) is 20.6. The Hall–Kier alpha value is -2.67. The number of thioether (sulfide) groups is 1. The van der Waals surface area contributed by atoms with Gasteiger partial charge in [-0.25, -0.2) is 0 Å². The first-order valence-electron chi connectivity index (χ1n) is 10.3. The molecule has 0 radical (unpaired) electrons. The van der Waals surface area contributed by atoms with E-state index >= 15 is 0 Å². The van der Waals surface area contributed by atoms with Gasteiger partial charge in [-0.3, -0.25) is 9.59 Å². The van der Waals surface area contributed by atoms with Crippen LogP contribution in [-0.4, -0.2) is 36.8 Å². The molecule has 0 spiro atoms. The molecule has 1 unspecified atom stereocenters. The van der Waals surface area contributed by atoms with Crippen LogP contribution >= 0.6 is 11.8 Å². The van der Waals surface area contributed by atoms with Gasteiger partial charge < -0.3 is 19.7 Å². The number of fused-ring (bicyclic) bond motifs is 2. The van der Waals surface area contributed by atoms with Crippen molar-refractivity contribution in [2.24, 2.45) is 0 Å². The van der Waals surface area contributed by atoms with Gasteiger partial charge in [0.15, 0.2) is 0 Å². The molecule has 2 amide bonds. The normalized spacial score (nSPS) is 17.0. The molecule has 0 saturated carbocycles. The first-order chi connectivity index (χ1) is 14.5. The molecule has 30 heavy (non-hydrogen) atoms. The molecular formula is C23H26N2O4S. The fourth-order valence-corrected chi connectivity index (χ4v) is 4.80. The highest BCUT2D eigenvalue weighted by molar-refractivity contribution is 7.99. The lowest BCUT2D eigenvalue weighted by molar-refractivity contribution is -0.122. The minimum atomic E-state index is -0.213. The molecule has 2 aromatic rings. The van der Waals surface area contributed by atoms with Gasteiger partial charge in [-0.15, -0.1) is 11.8 Å². The van der Waals surface area contributed by atoms with Gasteiger partial charge in [-0.2, -0.15) is 0 Å². The Balaban J connectivity index is 1.40. The molecule has 2 aliphatic rings. The summed E-state index contributed by atoms with van der Waals surface area (Å²) in [7, 11) is 0. The van der Waals surface area contributed by atoms with Crippen molar-refractivity contribution in [1.82, 2.24) is 0 Å². The fraction of sp³-hybridized carbons (Fsp3) is 0.391. The van der Waals surface area contributed by atoms with Gasteiger partial charge in [0.1, 0.15) is 17.6 Å². The number of nitrogens with one attached hydrogen (secondary N) is 1. The van der Waals surface area contributed by atoms with Crippen LogP contribution in [0, 0.1) is 0 Å². The van der Waals surface area contributed by atoms with Gasteiger partial charge in [0.2, 0.25) is 11.8 Å². The summed E-state index contributed by atoms with van der Waals surface area (Å²) in [6, 6.07) is 11.7. The lowest BCUT2D eigenvalue weighted by atomic mass is 10.1. The van der Waals surface area contributed by atoms with Gasteiger partial charge in [0.25, 0.3) is 0 Å². The van der Waals surface area contributed by atoms with Crippen molar-refractivity contribution in [3.05, 3.63) is 42.0 Å². The predicted molar refractivity (Wildman–Crippen MR) is 119 cm³/mol.